The summed E-state index contributed by atoms with van der Waals surface area (Å²) in [6.07, 6.45) is 4.51. The molecular formula is C9H14O3. The second kappa shape index (κ2) is 4.26. The summed E-state index contributed by atoms with van der Waals surface area (Å²) in [6.45, 7) is 1.93. The highest BCUT2D eigenvalue weighted by atomic mass is 16.5. The Labute approximate surface area is 72.0 Å². The summed E-state index contributed by atoms with van der Waals surface area (Å²) in [4.78, 5) is 11.0. The Hall–Kier alpha value is -0.830. The number of aliphatic hydroxyl groups is 1. The monoisotopic (exact) mass is 170 g/mol. The standard InChI is InChI=1S/C9H14O3/c1-2-3-9(11)12-8-5-4-7(10)6-8/h4-5,7-8,10H,2-3,6H2,1H3/t7-,8+/m0/s1. The van der Waals surface area contributed by atoms with Gasteiger partial charge in [0.25, 0.3) is 0 Å². The van der Waals surface area contributed by atoms with Crippen molar-refractivity contribution in [2.75, 3.05) is 0 Å². The largest absolute Gasteiger partial charge is 0.458 e. The average Bonchev–Trinajstić information content (AvgIpc) is 2.36. The first-order chi connectivity index (χ1) is 5.72. The quantitative estimate of drug-likeness (QED) is 0.508. The Morgan fingerprint density at radius 1 is 1.67 bits per heavy atom. The zero-order valence-electron chi connectivity index (χ0n) is 7.19. The van der Waals surface area contributed by atoms with Crippen molar-refractivity contribution in [2.45, 2.75) is 38.4 Å². The molecule has 0 radical (unpaired) electrons. The summed E-state index contributed by atoms with van der Waals surface area (Å²) in [5.74, 6) is -0.179. The van der Waals surface area contributed by atoms with Gasteiger partial charge in [-0.3, -0.25) is 4.79 Å². The molecule has 0 aromatic rings. The summed E-state index contributed by atoms with van der Waals surface area (Å²) in [7, 11) is 0. The van der Waals surface area contributed by atoms with Crippen LogP contribution in [0.4, 0.5) is 0 Å². The maximum atomic E-state index is 11.0. The van der Waals surface area contributed by atoms with Crippen LogP contribution in [0, 0.1) is 0 Å². The molecule has 1 N–H and O–H groups in total. The highest BCUT2D eigenvalue weighted by Crippen LogP contribution is 2.14. The van der Waals surface area contributed by atoms with E-state index in [-0.39, 0.29) is 12.1 Å². The molecule has 0 aromatic carbocycles. The smallest absolute Gasteiger partial charge is 0.306 e. The number of carbonyl (C=O) groups excluding carboxylic acids is 1. The highest BCUT2D eigenvalue weighted by molar-refractivity contribution is 5.69. The van der Waals surface area contributed by atoms with Gasteiger partial charge in [0, 0.05) is 12.8 Å². The second-order valence-corrected chi connectivity index (χ2v) is 2.97. The van der Waals surface area contributed by atoms with Crippen LogP contribution in [-0.2, 0) is 9.53 Å². The highest BCUT2D eigenvalue weighted by Gasteiger charge is 2.19. The minimum absolute atomic E-state index is 0.179. The van der Waals surface area contributed by atoms with Gasteiger partial charge in [0.05, 0.1) is 6.10 Å². The van der Waals surface area contributed by atoms with Gasteiger partial charge in [-0.05, 0) is 12.5 Å². The van der Waals surface area contributed by atoms with Crippen LogP contribution >= 0.6 is 0 Å². The molecule has 0 amide bonds. The predicted octanol–water partition coefficient (Wildman–Crippen LogP) is 1.02. The van der Waals surface area contributed by atoms with Crippen LogP contribution in [0.5, 0.6) is 0 Å². The van der Waals surface area contributed by atoms with Gasteiger partial charge in [0.2, 0.25) is 0 Å². The van der Waals surface area contributed by atoms with E-state index < -0.39 is 6.10 Å². The third kappa shape index (κ3) is 2.66. The average molecular weight is 170 g/mol. The molecule has 0 saturated heterocycles. The lowest BCUT2D eigenvalue weighted by Crippen LogP contribution is -2.15. The lowest BCUT2D eigenvalue weighted by atomic mass is 10.3. The third-order valence-electron chi connectivity index (χ3n) is 1.76. The Morgan fingerprint density at radius 2 is 2.42 bits per heavy atom. The number of ether oxygens (including phenoxy) is 1. The van der Waals surface area contributed by atoms with Gasteiger partial charge >= 0.3 is 5.97 Å². The first kappa shape index (κ1) is 9.26. The predicted molar refractivity (Wildman–Crippen MR) is 44.6 cm³/mol. The molecule has 2 atom stereocenters. The maximum Gasteiger partial charge on any atom is 0.306 e. The van der Waals surface area contributed by atoms with Gasteiger partial charge in [-0.2, -0.15) is 0 Å². The third-order valence-corrected chi connectivity index (χ3v) is 1.76. The molecule has 1 rings (SSSR count). The molecule has 0 spiro atoms. The Bertz CT molecular complexity index is 186. The molecule has 12 heavy (non-hydrogen) atoms. The van der Waals surface area contributed by atoms with E-state index in [1.54, 1.807) is 12.2 Å². The fourth-order valence-electron chi connectivity index (χ4n) is 1.17. The molecule has 3 heteroatoms. The first-order valence-electron chi connectivity index (χ1n) is 4.28. The zero-order valence-corrected chi connectivity index (χ0v) is 7.19. The lowest BCUT2D eigenvalue weighted by Gasteiger charge is -2.09. The van der Waals surface area contributed by atoms with Crippen molar-refractivity contribution in [3.63, 3.8) is 0 Å². The zero-order chi connectivity index (χ0) is 8.97. The lowest BCUT2D eigenvalue weighted by molar-refractivity contribution is -0.147. The van der Waals surface area contributed by atoms with Gasteiger partial charge in [0.15, 0.2) is 0 Å². The first-order valence-corrected chi connectivity index (χ1v) is 4.28. The number of rotatable bonds is 3. The molecule has 0 saturated carbocycles. The van der Waals surface area contributed by atoms with Crippen LogP contribution in [0.1, 0.15) is 26.2 Å². The molecule has 0 heterocycles. The number of esters is 1. The minimum atomic E-state index is -0.440. The van der Waals surface area contributed by atoms with Gasteiger partial charge < -0.3 is 9.84 Å². The molecule has 0 bridgehead atoms. The van der Waals surface area contributed by atoms with E-state index in [0.717, 1.165) is 6.42 Å². The fraction of sp³-hybridized carbons (Fsp3) is 0.667. The van der Waals surface area contributed by atoms with Crippen molar-refractivity contribution in [2.24, 2.45) is 0 Å². The molecular weight excluding hydrogens is 156 g/mol. The number of hydrogen-bond donors (Lipinski definition) is 1. The van der Waals surface area contributed by atoms with Crippen LogP contribution < -0.4 is 0 Å². The molecule has 3 nitrogen and oxygen atoms in total. The van der Waals surface area contributed by atoms with E-state index in [1.165, 1.54) is 0 Å². The molecule has 0 fully saturated rings. The molecule has 1 aliphatic rings. The second-order valence-electron chi connectivity index (χ2n) is 2.97. The van der Waals surface area contributed by atoms with Crippen LogP contribution in [0.15, 0.2) is 12.2 Å². The van der Waals surface area contributed by atoms with E-state index in [1.807, 2.05) is 6.92 Å². The summed E-state index contributed by atoms with van der Waals surface area (Å²) < 4.78 is 5.04. The van der Waals surface area contributed by atoms with Crippen molar-refractivity contribution in [1.82, 2.24) is 0 Å². The fourth-order valence-corrected chi connectivity index (χ4v) is 1.17. The van der Waals surface area contributed by atoms with E-state index in [9.17, 15) is 4.79 Å². The molecule has 0 aromatic heterocycles. The normalized spacial score (nSPS) is 27.5. The van der Waals surface area contributed by atoms with Gasteiger partial charge in [0.1, 0.15) is 6.10 Å². The van der Waals surface area contributed by atoms with Crippen LogP contribution in [0.3, 0.4) is 0 Å². The van der Waals surface area contributed by atoms with Gasteiger partial charge in [-0.1, -0.05) is 13.0 Å². The van der Waals surface area contributed by atoms with Gasteiger partial charge in [-0.15, -0.1) is 0 Å². The van der Waals surface area contributed by atoms with Crippen molar-refractivity contribution >= 4 is 5.97 Å². The van der Waals surface area contributed by atoms with Crippen molar-refractivity contribution in [3.05, 3.63) is 12.2 Å². The summed E-state index contributed by atoms with van der Waals surface area (Å²) in [5, 5.41) is 9.06. The summed E-state index contributed by atoms with van der Waals surface area (Å²) >= 11 is 0. The maximum absolute atomic E-state index is 11.0. The van der Waals surface area contributed by atoms with Crippen molar-refractivity contribution < 1.29 is 14.6 Å². The topological polar surface area (TPSA) is 46.5 Å². The van der Waals surface area contributed by atoms with Crippen molar-refractivity contribution in [3.8, 4) is 0 Å². The van der Waals surface area contributed by atoms with Gasteiger partial charge in [-0.25, -0.2) is 0 Å². The van der Waals surface area contributed by atoms with Crippen LogP contribution in [0.25, 0.3) is 0 Å². The summed E-state index contributed by atoms with van der Waals surface area (Å²) in [5.41, 5.74) is 0. The van der Waals surface area contributed by atoms with E-state index in [4.69, 9.17) is 9.84 Å². The SMILES string of the molecule is CCCC(=O)O[C@@H]1C=C[C@H](O)C1. The molecule has 68 valence electrons. The van der Waals surface area contributed by atoms with E-state index in [0.29, 0.717) is 12.8 Å². The number of carbonyl (C=O) groups is 1. The molecule has 0 aliphatic heterocycles. The minimum Gasteiger partial charge on any atom is -0.458 e. The Morgan fingerprint density at radius 3 is 2.92 bits per heavy atom. The van der Waals surface area contributed by atoms with E-state index in [2.05, 4.69) is 0 Å². The Kier molecular flexibility index (Phi) is 3.29. The van der Waals surface area contributed by atoms with Crippen LogP contribution in [-0.4, -0.2) is 23.3 Å². The molecule has 1 aliphatic carbocycles. The summed E-state index contributed by atoms with van der Waals surface area (Å²) in [6, 6.07) is 0. The van der Waals surface area contributed by atoms with Crippen LogP contribution in [0.2, 0.25) is 0 Å². The van der Waals surface area contributed by atoms with Crippen molar-refractivity contribution in [1.29, 1.82) is 0 Å². The molecule has 0 unspecified atom stereocenters. The number of hydrogen-bond acceptors (Lipinski definition) is 3. The van der Waals surface area contributed by atoms with E-state index >= 15 is 0 Å². The Balaban J connectivity index is 2.24. The number of aliphatic hydroxyl groups excluding tert-OH is 1.